The Morgan fingerprint density at radius 1 is 1.39 bits per heavy atom. The molecule has 0 radical (unpaired) electrons. The van der Waals surface area contributed by atoms with Crippen LogP contribution in [0.3, 0.4) is 0 Å². The zero-order chi connectivity index (χ0) is 13.8. The number of nitrogens with one attached hydrogen (secondary N) is 1. The molecule has 4 nitrogen and oxygen atoms in total. The van der Waals surface area contributed by atoms with Gasteiger partial charge in [-0.15, -0.1) is 0 Å². The van der Waals surface area contributed by atoms with E-state index in [0.717, 1.165) is 12.1 Å². The zero-order valence-electron chi connectivity index (χ0n) is 9.32. The van der Waals surface area contributed by atoms with E-state index in [2.05, 4.69) is 16.9 Å². The van der Waals surface area contributed by atoms with Crippen molar-refractivity contribution in [1.29, 1.82) is 0 Å². The van der Waals surface area contributed by atoms with Gasteiger partial charge >= 0.3 is 0 Å². The maximum absolute atomic E-state index is 13.3. The molecule has 0 atom stereocenters. The highest BCUT2D eigenvalue weighted by atomic mass is 32.2. The summed E-state index contributed by atoms with van der Waals surface area (Å²) >= 11 is 4.62. The maximum Gasteiger partial charge on any atom is 0.243 e. The lowest BCUT2D eigenvalue weighted by molar-refractivity contribution is 0.545. The summed E-state index contributed by atoms with van der Waals surface area (Å²) < 4.78 is 51.6. The number of hydrogen-bond donors (Lipinski definition) is 2. The summed E-state index contributed by atoms with van der Waals surface area (Å²) in [4.78, 5) is -0.441. The van der Waals surface area contributed by atoms with Crippen molar-refractivity contribution in [2.24, 2.45) is 5.73 Å². The number of nitrogens with two attached hydrogens (primary N) is 1. The van der Waals surface area contributed by atoms with Gasteiger partial charge in [-0.25, -0.2) is 21.9 Å². The van der Waals surface area contributed by atoms with Crippen molar-refractivity contribution in [3.63, 3.8) is 0 Å². The summed E-state index contributed by atoms with van der Waals surface area (Å²) in [7, 11) is -4.06. The molecule has 0 spiro atoms. The molecule has 1 aromatic rings. The van der Waals surface area contributed by atoms with Crippen LogP contribution >= 0.6 is 12.2 Å². The highest BCUT2D eigenvalue weighted by Crippen LogP contribution is 2.15. The number of sulfonamides is 1. The van der Waals surface area contributed by atoms with Crippen molar-refractivity contribution < 1.29 is 17.2 Å². The molecule has 0 aliphatic carbocycles. The first-order valence-corrected chi connectivity index (χ1v) is 6.95. The van der Waals surface area contributed by atoms with Gasteiger partial charge in [0.1, 0.15) is 16.5 Å². The summed E-state index contributed by atoms with van der Waals surface area (Å²) in [6, 6.07) is 2.24. The molecule has 0 saturated carbocycles. The monoisotopic (exact) mass is 294 g/mol. The van der Waals surface area contributed by atoms with Crippen LogP contribution in [0.25, 0.3) is 0 Å². The van der Waals surface area contributed by atoms with E-state index in [4.69, 9.17) is 5.73 Å². The van der Waals surface area contributed by atoms with Gasteiger partial charge in [0.05, 0.1) is 4.99 Å². The Bertz CT molecular complexity index is 547. The predicted molar refractivity (Wildman–Crippen MR) is 67.6 cm³/mol. The highest BCUT2D eigenvalue weighted by molar-refractivity contribution is 7.89. The maximum atomic E-state index is 13.3. The van der Waals surface area contributed by atoms with Crippen molar-refractivity contribution in [2.75, 3.05) is 6.54 Å². The van der Waals surface area contributed by atoms with Crippen molar-refractivity contribution >= 4 is 27.2 Å². The van der Waals surface area contributed by atoms with Crippen molar-refractivity contribution in [3.05, 3.63) is 29.8 Å². The summed E-state index contributed by atoms with van der Waals surface area (Å²) in [5.41, 5.74) is 5.24. The average molecular weight is 294 g/mol. The van der Waals surface area contributed by atoms with Gasteiger partial charge < -0.3 is 5.73 Å². The van der Waals surface area contributed by atoms with Gasteiger partial charge in [-0.1, -0.05) is 12.2 Å². The third-order valence-corrected chi connectivity index (χ3v) is 3.75. The van der Waals surface area contributed by atoms with Gasteiger partial charge in [-0.2, -0.15) is 0 Å². The largest absolute Gasteiger partial charge is 0.393 e. The molecular weight excluding hydrogens is 282 g/mol. The fourth-order valence-electron chi connectivity index (χ4n) is 1.23. The van der Waals surface area contributed by atoms with E-state index >= 15 is 0 Å². The van der Waals surface area contributed by atoms with Gasteiger partial charge in [-0.05, 0) is 31.0 Å². The fraction of sp³-hybridized carbons (Fsp3) is 0.300. The molecule has 0 aromatic heterocycles. The molecule has 8 heteroatoms. The van der Waals surface area contributed by atoms with Gasteiger partial charge in [-0.3, -0.25) is 0 Å². The lowest BCUT2D eigenvalue weighted by Crippen LogP contribution is -2.26. The lowest BCUT2D eigenvalue weighted by Gasteiger charge is -2.07. The van der Waals surface area contributed by atoms with Gasteiger partial charge in [0, 0.05) is 6.54 Å². The number of halogens is 2. The molecule has 0 saturated heterocycles. The first-order chi connectivity index (χ1) is 8.33. The number of thiocarbonyl (C=S) groups is 1. The Balaban J connectivity index is 2.74. The highest BCUT2D eigenvalue weighted by Gasteiger charge is 2.19. The normalized spacial score (nSPS) is 11.4. The smallest absolute Gasteiger partial charge is 0.243 e. The van der Waals surface area contributed by atoms with Crippen LogP contribution in [0.5, 0.6) is 0 Å². The average Bonchev–Trinajstić information content (AvgIpc) is 2.27. The molecular formula is C10H12F2N2O2S2. The van der Waals surface area contributed by atoms with E-state index in [1.54, 1.807) is 0 Å². The molecule has 0 amide bonds. The minimum Gasteiger partial charge on any atom is -0.393 e. The Hall–Kier alpha value is -1.12. The minimum absolute atomic E-state index is 0.0512. The first kappa shape index (κ1) is 14.9. The van der Waals surface area contributed by atoms with Crippen LogP contribution in [0, 0.1) is 11.6 Å². The Morgan fingerprint density at radius 2 is 2.06 bits per heavy atom. The van der Waals surface area contributed by atoms with Gasteiger partial charge in [0.15, 0.2) is 0 Å². The molecule has 0 aliphatic rings. The Kier molecular flexibility index (Phi) is 5.12. The van der Waals surface area contributed by atoms with Gasteiger partial charge in [0.25, 0.3) is 0 Å². The lowest BCUT2D eigenvalue weighted by atomic mass is 10.3. The fourth-order valence-corrected chi connectivity index (χ4v) is 2.54. The summed E-state index contributed by atoms with van der Waals surface area (Å²) in [5, 5.41) is 0. The Labute approximate surface area is 109 Å². The first-order valence-electron chi connectivity index (χ1n) is 5.06. The van der Waals surface area contributed by atoms with Crippen LogP contribution < -0.4 is 10.5 Å². The Morgan fingerprint density at radius 3 is 2.67 bits per heavy atom. The standard InChI is InChI=1S/C10H12F2N2O2S2/c11-7-3-4-8(12)9(6-7)18(15,16)14-5-1-2-10(13)17/h3-4,6,14H,1-2,5H2,(H2,13,17). The van der Waals surface area contributed by atoms with E-state index < -0.39 is 26.6 Å². The van der Waals surface area contributed by atoms with Crippen LogP contribution in [0.15, 0.2) is 23.1 Å². The summed E-state index contributed by atoms with van der Waals surface area (Å²) in [6.07, 6.45) is 0.773. The topological polar surface area (TPSA) is 72.2 Å². The van der Waals surface area contributed by atoms with Gasteiger partial charge in [0.2, 0.25) is 10.0 Å². The van der Waals surface area contributed by atoms with Crippen molar-refractivity contribution in [1.82, 2.24) is 4.72 Å². The SMILES string of the molecule is NC(=S)CCCNS(=O)(=O)c1cc(F)ccc1F. The molecule has 100 valence electrons. The molecule has 18 heavy (non-hydrogen) atoms. The zero-order valence-corrected chi connectivity index (χ0v) is 11.0. The molecule has 0 fully saturated rings. The predicted octanol–water partition coefficient (Wildman–Crippen LogP) is 1.31. The number of hydrogen-bond acceptors (Lipinski definition) is 3. The van der Waals surface area contributed by atoms with Crippen LogP contribution in [0.1, 0.15) is 12.8 Å². The van der Waals surface area contributed by atoms with E-state index in [0.29, 0.717) is 18.9 Å². The second-order valence-electron chi connectivity index (χ2n) is 3.54. The van der Waals surface area contributed by atoms with Crippen LogP contribution in [0.4, 0.5) is 8.78 Å². The second-order valence-corrected chi connectivity index (χ2v) is 5.80. The van der Waals surface area contributed by atoms with Crippen molar-refractivity contribution in [2.45, 2.75) is 17.7 Å². The van der Waals surface area contributed by atoms with Crippen LogP contribution in [-0.2, 0) is 10.0 Å². The molecule has 0 bridgehead atoms. The quantitative estimate of drug-likeness (QED) is 0.613. The molecule has 0 heterocycles. The summed E-state index contributed by atoms with van der Waals surface area (Å²) in [6.45, 7) is 0.0512. The van der Waals surface area contributed by atoms with E-state index in [1.807, 2.05) is 0 Å². The number of rotatable bonds is 6. The third-order valence-electron chi connectivity index (χ3n) is 2.07. The minimum atomic E-state index is -4.06. The van der Waals surface area contributed by atoms with Crippen molar-refractivity contribution in [3.8, 4) is 0 Å². The van der Waals surface area contributed by atoms with E-state index in [9.17, 15) is 17.2 Å². The van der Waals surface area contributed by atoms with Crippen LogP contribution in [0.2, 0.25) is 0 Å². The molecule has 0 unspecified atom stereocenters. The van der Waals surface area contributed by atoms with E-state index in [1.165, 1.54) is 0 Å². The molecule has 1 aromatic carbocycles. The second kappa shape index (κ2) is 6.17. The molecule has 3 N–H and O–H groups in total. The van der Waals surface area contributed by atoms with E-state index in [-0.39, 0.29) is 11.5 Å². The molecule has 1 rings (SSSR count). The van der Waals surface area contributed by atoms with Crippen LogP contribution in [-0.4, -0.2) is 20.0 Å². The summed E-state index contributed by atoms with van der Waals surface area (Å²) in [5.74, 6) is -1.82. The third kappa shape index (κ3) is 4.28. The number of benzene rings is 1. The molecule has 0 aliphatic heterocycles.